The van der Waals surface area contributed by atoms with Crippen LogP contribution < -0.4 is 10.6 Å². The summed E-state index contributed by atoms with van der Waals surface area (Å²) < 4.78 is 0. The number of anilines is 2. The predicted octanol–water partition coefficient (Wildman–Crippen LogP) is 2.33. The standard InChI is InChI=1S/C12H10ClN5O3/c1-14-11-9(13)2-7(3-10(11)18(20)21)12(19)17-8-4-15-6-16-5-8/h2-6,14H,1H3,(H,17,19). The topological polar surface area (TPSA) is 110 Å². The number of amides is 1. The van der Waals surface area contributed by atoms with Crippen molar-refractivity contribution < 1.29 is 9.72 Å². The van der Waals surface area contributed by atoms with Crippen molar-refractivity contribution in [1.29, 1.82) is 0 Å². The summed E-state index contributed by atoms with van der Waals surface area (Å²) in [5.74, 6) is -0.544. The van der Waals surface area contributed by atoms with Gasteiger partial charge >= 0.3 is 0 Å². The maximum atomic E-state index is 12.1. The number of nitro benzene ring substituents is 1. The molecule has 2 aromatic rings. The number of aromatic nitrogens is 2. The molecule has 0 unspecified atom stereocenters. The number of benzene rings is 1. The molecule has 0 aliphatic carbocycles. The Morgan fingerprint density at radius 1 is 1.33 bits per heavy atom. The van der Waals surface area contributed by atoms with Crippen molar-refractivity contribution >= 4 is 34.6 Å². The van der Waals surface area contributed by atoms with Crippen LogP contribution in [0.1, 0.15) is 10.4 Å². The third-order valence-corrected chi connectivity index (χ3v) is 2.89. The first kappa shape index (κ1) is 14.7. The van der Waals surface area contributed by atoms with Gasteiger partial charge < -0.3 is 10.6 Å². The Labute approximate surface area is 124 Å². The molecule has 0 radical (unpaired) electrons. The van der Waals surface area contributed by atoms with Crippen molar-refractivity contribution in [3.05, 3.63) is 51.6 Å². The molecule has 0 fully saturated rings. The minimum atomic E-state index is -0.611. The smallest absolute Gasteiger partial charge is 0.294 e. The molecule has 0 bridgehead atoms. The van der Waals surface area contributed by atoms with E-state index >= 15 is 0 Å². The summed E-state index contributed by atoms with van der Waals surface area (Å²) in [6, 6.07) is 2.50. The fourth-order valence-electron chi connectivity index (χ4n) is 1.68. The van der Waals surface area contributed by atoms with E-state index in [9.17, 15) is 14.9 Å². The summed E-state index contributed by atoms with van der Waals surface area (Å²) in [6.07, 6.45) is 4.13. The number of carbonyl (C=O) groups excluding carboxylic acids is 1. The van der Waals surface area contributed by atoms with Gasteiger partial charge in [-0.25, -0.2) is 9.97 Å². The van der Waals surface area contributed by atoms with Gasteiger partial charge in [-0.05, 0) is 6.07 Å². The van der Waals surface area contributed by atoms with Gasteiger partial charge in [-0.2, -0.15) is 0 Å². The van der Waals surface area contributed by atoms with E-state index in [2.05, 4.69) is 20.6 Å². The van der Waals surface area contributed by atoms with Crippen molar-refractivity contribution in [2.75, 3.05) is 17.7 Å². The van der Waals surface area contributed by atoms with E-state index in [1.807, 2.05) is 0 Å². The summed E-state index contributed by atoms with van der Waals surface area (Å²) in [5, 5.41) is 16.3. The third kappa shape index (κ3) is 3.23. The van der Waals surface area contributed by atoms with Crippen LogP contribution in [0.3, 0.4) is 0 Å². The van der Waals surface area contributed by atoms with E-state index in [0.29, 0.717) is 5.69 Å². The Kier molecular flexibility index (Phi) is 4.29. The highest BCUT2D eigenvalue weighted by molar-refractivity contribution is 6.34. The van der Waals surface area contributed by atoms with E-state index in [4.69, 9.17) is 11.6 Å². The molecule has 1 aromatic carbocycles. The number of nitro groups is 1. The summed E-state index contributed by atoms with van der Waals surface area (Å²) in [7, 11) is 1.51. The second kappa shape index (κ2) is 6.14. The lowest BCUT2D eigenvalue weighted by Crippen LogP contribution is -2.13. The molecular formula is C12H10ClN5O3. The fourth-order valence-corrected chi connectivity index (χ4v) is 1.99. The molecule has 0 saturated heterocycles. The van der Waals surface area contributed by atoms with Gasteiger partial charge in [0.15, 0.2) is 0 Å². The first-order valence-electron chi connectivity index (χ1n) is 5.75. The van der Waals surface area contributed by atoms with Gasteiger partial charge in [-0.1, -0.05) is 11.6 Å². The van der Waals surface area contributed by atoms with Gasteiger partial charge in [-0.3, -0.25) is 14.9 Å². The zero-order valence-electron chi connectivity index (χ0n) is 10.8. The highest BCUT2D eigenvalue weighted by Crippen LogP contribution is 2.33. The fraction of sp³-hybridized carbons (Fsp3) is 0.0833. The molecule has 0 atom stereocenters. The monoisotopic (exact) mass is 307 g/mol. The van der Waals surface area contributed by atoms with Gasteiger partial charge in [0, 0.05) is 18.7 Å². The van der Waals surface area contributed by atoms with E-state index in [1.165, 1.54) is 31.8 Å². The quantitative estimate of drug-likeness (QED) is 0.662. The van der Waals surface area contributed by atoms with E-state index in [0.717, 1.165) is 6.07 Å². The third-order valence-electron chi connectivity index (χ3n) is 2.60. The van der Waals surface area contributed by atoms with Gasteiger partial charge in [0.2, 0.25) is 0 Å². The van der Waals surface area contributed by atoms with E-state index in [-0.39, 0.29) is 22.0 Å². The molecule has 1 aromatic heterocycles. The van der Waals surface area contributed by atoms with Crippen molar-refractivity contribution in [1.82, 2.24) is 9.97 Å². The van der Waals surface area contributed by atoms with Crippen molar-refractivity contribution in [3.8, 4) is 0 Å². The number of hydrogen-bond acceptors (Lipinski definition) is 6. The van der Waals surface area contributed by atoms with E-state index in [1.54, 1.807) is 0 Å². The highest BCUT2D eigenvalue weighted by atomic mass is 35.5. The van der Waals surface area contributed by atoms with Crippen LogP contribution in [-0.2, 0) is 0 Å². The van der Waals surface area contributed by atoms with E-state index < -0.39 is 10.8 Å². The Morgan fingerprint density at radius 3 is 2.57 bits per heavy atom. The number of nitrogens with one attached hydrogen (secondary N) is 2. The zero-order valence-corrected chi connectivity index (χ0v) is 11.6. The molecule has 21 heavy (non-hydrogen) atoms. The minimum absolute atomic E-state index is 0.0644. The summed E-state index contributed by atoms with van der Waals surface area (Å²) in [4.78, 5) is 30.0. The molecule has 8 nitrogen and oxygen atoms in total. The normalized spacial score (nSPS) is 10.0. The van der Waals surface area contributed by atoms with Crippen molar-refractivity contribution in [3.63, 3.8) is 0 Å². The van der Waals surface area contributed by atoms with Crippen LogP contribution in [0.2, 0.25) is 5.02 Å². The lowest BCUT2D eigenvalue weighted by molar-refractivity contribution is -0.383. The number of nitrogens with zero attached hydrogens (tertiary/aromatic N) is 3. The number of rotatable bonds is 4. The Bertz CT molecular complexity index is 693. The first-order valence-corrected chi connectivity index (χ1v) is 6.12. The first-order chi connectivity index (χ1) is 10.0. The predicted molar refractivity (Wildman–Crippen MR) is 77.6 cm³/mol. The Morgan fingerprint density at radius 2 is 2.00 bits per heavy atom. The summed E-state index contributed by atoms with van der Waals surface area (Å²) in [6.45, 7) is 0. The number of hydrogen-bond donors (Lipinski definition) is 2. The Hall–Kier alpha value is -2.74. The second-order valence-electron chi connectivity index (χ2n) is 3.94. The molecule has 2 N–H and O–H groups in total. The molecule has 2 rings (SSSR count). The van der Waals surface area contributed by atoms with Gasteiger partial charge in [0.05, 0.1) is 28.0 Å². The molecule has 1 amide bonds. The largest absolute Gasteiger partial charge is 0.381 e. The lowest BCUT2D eigenvalue weighted by Gasteiger charge is -2.08. The maximum Gasteiger partial charge on any atom is 0.294 e. The minimum Gasteiger partial charge on any atom is -0.381 e. The van der Waals surface area contributed by atoms with Gasteiger partial charge in [0.25, 0.3) is 11.6 Å². The summed E-state index contributed by atoms with van der Waals surface area (Å²) in [5.41, 5.74) is 0.314. The molecule has 0 spiro atoms. The molecule has 108 valence electrons. The molecule has 9 heteroatoms. The van der Waals surface area contributed by atoms with Crippen LogP contribution in [0.25, 0.3) is 0 Å². The Balaban J connectivity index is 2.36. The van der Waals surface area contributed by atoms with Crippen molar-refractivity contribution in [2.45, 2.75) is 0 Å². The number of carbonyl (C=O) groups is 1. The van der Waals surface area contributed by atoms with Crippen LogP contribution in [0.4, 0.5) is 17.1 Å². The van der Waals surface area contributed by atoms with Crippen LogP contribution in [0, 0.1) is 10.1 Å². The average Bonchev–Trinajstić information content (AvgIpc) is 2.47. The van der Waals surface area contributed by atoms with Crippen LogP contribution in [0.5, 0.6) is 0 Å². The van der Waals surface area contributed by atoms with Crippen LogP contribution in [0.15, 0.2) is 30.9 Å². The summed E-state index contributed by atoms with van der Waals surface area (Å²) >= 11 is 5.95. The highest BCUT2D eigenvalue weighted by Gasteiger charge is 2.20. The zero-order chi connectivity index (χ0) is 15.4. The lowest BCUT2D eigenvalue weighted by atomic mass is 10.1. The number of halogens is 1. The van der Waals surface area contributed by atoms with Crippen LogP contribution in [-0.4, -0.2) is 27.8 Å². The molecule has 0 aliphatic heterocycles. The molecular weight excluding hydrogens is 298 g/mol. The SMILES string of the molecule is CNc1c(Cl)cc(C(=O)Nc2cncnc2)cc1[N+](=O)[O-]. The molecule has 1 heterocycles. The van der Waals surface area contributed by atoms with Crippen molar-refractivity contribution in [2.24, 2.45) is 0 Å². The van der Waals surface area contributed by atoms with Crippen LogP contribution >= 0.6 is 11.6 Å². The second-order valence-corrected chi connectivity index (χ2v) is 4.35. The maximum absolute atomic E-state index is 12.1. The molecule has 0 saturated carbocycles. The van der Waals surface area contributed by atoms with Gasteiger partial charge in [0.1, 0.15) is 12.0 Å². The van der Waals surface area contributed by atoms with Gasteiger partial charge in [-0.15, -0.1) is 0 Å². The molecule has 0 aliphatic rings. The average molecular weight is 308 g/mol.